The van der Waals surface area contributed by atoms with Crippen LogP contribution < -0.4 is 5.32 Å². The second-order valence-corrected chi connectivity index (χ2v) is 5.14. The Bertz CT molecular complexity index is 513. The summed E-state index contributed by atoms with van der Waals surface area (Å²) in [6.45, 7) is 2.27. The summed E-state index contributed by atoms with van der Waals surface area (Å²) in [5.41, 5.74) is 0.752. The summed E-state index contributed by atoms with van der Waals surface area (Å²) < 4.78 is 24.2. The minimum Gasteiger partial charge on any atom is -0.469 e. The number of hydrogen-bond donors (Lipinski definition) is 1. The third-order valence-corrected chi connectivity index (χ3v) is 3.45. The first kappa shape index (κ1) is 15.7. The van der Waals surface area contributed by atoms with E-state index in [-0.39, 0.29) is 11.7 Å². The van der Waals surface area contributed by atoms with Crippen molar-refractivity contribution in [3.63, 3.8) is 0 Å². The van der Waals surface area contributed by atoms with Crippen LogP contribution in [0.5, 0.6) is 0 Å². The van der Waals surface area contributed by atoms with Crippen LogP contribution in [-0.2, 0) is 17.6 Å². The highest BCUT2D eigenvalue weighted by Crippen LogP contribution is 2.17. The Labute approximate surface area is 125 Å². The first-order valence-corrected chi connectivity index (χ1v) is 7.25. The van der Waals surface area contributed by atoms with Crippen molar-refractivity contribution in [2.24, 2.45) is 5.92 Å². The van der Waals surface area contributed by atoms with E-state index < -0.39 is 0 Å². The molecule has 0 radical (unpaired) electrons. The van der Waals surface area contributed by atoms with Gasteiger partial charge in [-0.3, -0.25) is 0 Å². The number of hydrogen-bond acceptors (Lipinski definition) is 3. The molecule has 0 spiro atoms. The maximum absolute atomic E-state index is 13.8. The van der Waals surface area contributed by atoms with Crippen LogP contribution in [0.3, 0.4) is 0 Å². The molecule has 0 aliphatic carbocycles. The smallest absolute Gasteiger partial charge is 0.126 e. The van der Waals surface area contributed by atoms with Crippen molar-refractivity contribution in [3.05, 3.63) is 59.8 Å². The van der Waals surface area contributed by atoms with Crippen LogP contribution in [0.1, 0.15) is 11.3 Å². The van der Waals surface area contributed by atoms with Crippen molar-refractivity contribution >= 4 is 0 Å². The van der Waals surface area contributed by atoms with Crippen LogP contribution in [0.15, 0.2) is 47.1 Å². The second kappa shape index (κ2) is 8.60. The van der Waals surface area contributed by atoms with Gasteiger partial charge in [0.05, 0.1) is 12.9 Å². The van der Waals surface area contributed by atoms with E-state index in [4.69, 9.17) is 9.15 Å². The average molecular weight is 291 g/mol. The third-order valence-electron chi connectivity index (χ3n) is 3.45. The zero-order valence-electron chi connectivity index (χ0n) is 12.3. The Morgan fingerprint density at radius 2 is 2.05 bits per heavy atom. The van der Waals surface area contributed by atoms with Crippen molar-refractivity contribution in [1.82, 2.24) is 5.32 Å². The summed E-state index contributed by atoms with van der Waals surface area (Å²) in [7, 11) is 1.68. The number of benzene rings is 1. The molecule has 1 aromatic heterocycles. The van der Waals surface area contributed by atoms with E-state index in [1.54, 1.807) is 19.4 Å². The first-order valence-electron chi connectivity index (χ1n) is 7.25. The maximum Gasteiger partial charge on any atom is 0.126 e. The molecule has 21 heavy (non-hydrogen) atoms. The maximum atomic E-state index is 13.8. The van der Waals surface area contributed by atoms with Crippen LogP contribution in [0.2, 0.25) is 0 Å². The topological polar surface area (TPSA) is 34.4 Å². The lowest BCUT2D eigenvalue weighted by molar-refractivity contribution is 0.197. The molecular formula is C17H22FNO2. The molecule has 4 heteroatoms. The van der Waals surface area contributed by atoms with E-state index in [2.05, 4.69) is 5.32 Å². The number of furan rings is 1. The van der Waals surface area contributed by atoms with Gasteiger partial charge in [0.1, 0.15) is 11.6 Å². The minimum atomic E-state index is -0.140. The van der Waals surface area contributed by atoms with Gasteiger partial charge in [-0.2, -0.15) is 0 Å². The monoisotopic (exact) mass is 291 g/mol. The highest BCUT2D eigenvalue weighted by Gasteiger charge is 2.14. The standard InChI is InChI=1S/C17H22FNO2/c1-20-10-8-19-13-14(12-16-6-4-9-21-16)11-15-5-2-3-7-17(15)18/h2-7,9,14,19H,8,10-13H2,1H3. The minimum absolute atomic E-state index is 0.140. The van der Waals surface area contributed by atoms with Crippen molar-refractivity contribution < 1.29 is 13.5 Å². The van der Waals surface area contributed by atoms with Crippen molar-refractivity contribution in [3.8, 4) is 0 Å². The molecule has 2 aromatic rings. The molecule has 2 rings (SSSR count). The Morgan fingerprint density at radius 3 is 2.76 bits per heavy atom. The van der Waals surface area contributed by atoms with Crippen molar-refractivity contribution in [2.75, 3.05) is 26.8 Å². The largest absolute Gasteiger partial charge is 0.469 e. The summed E-state index contributed by atoms with van der Waals surface area (Å²) in [6.07, 6.45) is 3.16. The first-order chi connectivity index (χ1) is 10.3. The van der Waals surface area contributed by atoms with E-state index in [1.807, 2.05) is 24.3 Å². The molecule has 0 amide bonds. The molecule has 1 unspecified atom stereocenters. The fourth-order valence-corrected chi connectivity index (χ4v) is 2.39. The van der Waals surface area contributed by atoms with Crippen LogP contribution in [0, 0.1) is 11.7 Å². The van der Waals surface area contributed by atoms with Gasteiger partial charge < -0.3 is 14.5 Å². The molecule has 1 aromatic carbocycles. The SMILES string of the molecule is COCCNCC(Cc1ccco1)Cc1ccccc1F. The average Bonchev–Trinajstić information content (AvgIpc) is 2.99. The summed E-state index contributed by atoms with van der Waals surface area (Å²) in [6, 6.07) is 10.8. The Morgan fingerprint density at radius 1 is 1.19 bits per heavy atom. The summed E-state index contributed by atoms with van der Waals surface area (Å²) in [5.74, 6) is 1.08. The van der Waals surface area contributed by atoms with Crippen LogP contribution >= 0.6 is 0 Å². The Hall–Kier alpha value is -1.65. The zero-order valence-corrected chi connectivity index (χ0v) is 12.3. The zero-order chi connectivity index (χ0) is 14.9. The van der Waals surface area contributed by atoms with E-state index in [0.717, 1.165) is 30.8 Å². The second-order valence-electron chi connectivity index (χ2n) is 5.14. The van der Waals surface area contributed by atoms with E-state index in [0.29, 0.717) is 13.0 Å². The van der Waals surface area contributed by atoms with Crippen molar-refractivity contribution in [1.29, 1.82) is 0 Å². The molecule has 0 aliphatic rings. The van der Waals surface area contributed by atoms with Gasteiger partial charge in [0.15, 0.2) is 0 Å². The van der Waals surface area contributed by atoms with Gasteiger partial charge in [-0.15, -0.1) is 0 Å². The van der Waals surface area contributed by atoms with Crippen LogP contribution in [-0.4, -0.2) is 26.8 Å². The predicted octanol–water partition coefficient (Wildman–Crippen LogP) is 3.06. The van der Waals surface area contributed by atoms with Crippen LogP contribution in [0.4, 0.5) is 4.39 Å². The Kier molecular flexibility index (Phi) is 6.44. The van der Waals surface area contributed by atoms with E-state index in [9.17, 15) is 4.39 Å². The number of rotatable bonds is 9. The van der Waals surface area contributed by atoms with Crippen molar-refractivity contribution in [2.45, 2.75) is 12.8 Å². The fourth-order valence-electron chi connectivity index (χ4n) is 2.39. The molecule has 1 N–H and O–H groups in total. The summed E-state index contributed by atoms with van der Waals surface area (Å²) in [5, 5.41) is 3.35. The number of methoxy groups -OCH3 is 1. The number of nitrogens with one attached hydrogen (secondary N) is 1. The van der Waals surface area contributed by atoms with Gasteiger partial charge in [0.2, 0.25) is 0 Å². The molecule has 1 atom stereocenters. The normalized spacial score (nSPS) is 12.5. The molecule has 0 fully saturated rings. The lowest BCUT2D eigenvalue weighted by Gasteiger charge is -2.17. The fraction of sp³-hybridized carbons (Fsp3) is 0.412. The lowest BCUT2D eigenvalue weighted by Crippen LogP contribution is -2.28. The molecule has 0 saturated heterocycles. The number of halogens is 1. The molecule has 0 saturated carbocycles. The highest BCUT2D eigenvalue weighted by molar-refractivity contribution is 5.18. The van der Waals surface area contributed by atoms with E-state index >= 15 is 0 Å². The van der Waals surface area contributed by atoms with Gasteiger partial charge in [-0.25, -0.2) is 4.39 Å². The quantitative estimate of drug-likeness (QED) is 0.721. The molecule has 3 nitrogen and oxygen atoms in total. The summed E-state index contributed by atoms with van der Waals surface area (Å²) in [4.78, 5) is 0. The lowest BCUT2D eigenvalue weighted by atomic mass is 9.94. The number of ether oxygens (including phenoxy) is 1. The molecular weight excluding hydrogens is 269 g/mol. The van der Waals surface area contributed by atoms with Gasteiger partial charge in [0, 0.05) is 20.1 Å². The summed E-state index contributed by atoms with van der Waals surface area (Å²) >= 11 is 0. The molecule has 114 valence electrons. The van der Waals surface area contributed by atoms with Gasteiger partial charge in [-0.1, -0.05) is 18.2 Å². The molecule has 0 bridgehead atoms. The predicted molar refractivity (Wildman–Crippen MR) is 80.8 cm³/mol. The van der Waals surface area contributed by atoms with E-state index in [1.165, 1.54) is 6.07 Å². The van der Waals surface area contributed by atoms with Gasteiger partial charge >= 0.3 is 0 Å². The third kappa shape index (κ3) is 5.33. The van der Waals surface area contributed by atoms with Crippen LogP contribution in [0.25, 0.3) is 0 Å². The molecule has 0 aliphatic heterocycles. The highest BCUT2D eigenvalue weighted by atomic mass is 19.1. The molecule has 1 heterocycles. The van der Waals surface area contributed by atoms with Gasteiger partial charge in [0.25, 0.3) is 0 Å². The Balaban J connectivity index is 1.95. The van der Waals surface area contributed by atoms with Gasteiger partial charge in [-0.05, 0) is 42.6 Å².